The van der Waals surface area contributed by atoms with Crippen LogP contribution in [0.4, 0.5) is 0 Å². The quantitative estimate of drug-likeness (QED) is 0.259. The van der Waals surface area contributed by atoms with Gasteiger partial charge in [-0.3, -0.25) is 19.2 Å². The first-order valence-corrected chi connectivity index (χ1v) is 9.77. The Hall–Kier alpha value is -1.42. The maximum absolute atomic E-state index is 11.7. The van der Waals surface area contributed by atoms with E-state index in [0.717, 1.165) is 0 Å². The van der Waals surface area contributed by atoms with Crippen molar-refractivity contribution in [1.82, 2.24) is 10.6 Å². The molecule has 0 aliphatic carbocycles. The number of rotatable bonds is 14. The van der Waals surface area contributed by atoms with Gasteiger partial charge in [0.15, 0.2) is 0 Å². The number of hydrogen-bond acceptors (Lipinski definition) is 7. The standard InChI is InChI=1S/C14H24N2O6S2/c1-10(24-23-9-6-14(21)22)2-3-11(17)15-7-8-16-12(18)4-5-13(19)20/h10H,2-9H2,1H3,(H,15,17)(H,16,18)(H,19,20)(H,21,22)/i4T/hD. The molecule has 0 aromatic rings. The second kappa shape index (κ2) is 14.0. The lowest BCUT2D eigenvalue weighted by atomic mass is 10.2. The van der Waals surface area contributed by atoms with Crippen LogP contribution in [0.5, 0.6) is 0 Å². The topological polar surface area (TPSA) is 133 Å². The molecule has 0 fully saturated rings. The van der Waals surface area contributed by atoms with Crippen molar-refractivity contribution < 1.29 is 30.8 Å². The monoisotopic (exact) mass is 383 g/mol. The molecule has 0 aromatic heterocycles. The van der Waals surface area contributed by atoms with Gasteiger partial charge in [-0.2, -0.15) is 0 Å². The van der Waals surface area contributed by atoms with Crippen LogP contribution in [-0.2, 0) is 19.2 Å². The zero-order valence-electron chi connectivity index (χ0n) is 15.4. The number of hydrogen-bond donors (Lipinski definition) is 4. The normalized spacial score (nSPS) is 13.9. The molecule has 0 aromatic carbocycles. The highest BCUT2D eigenvalue weighted by Gasteiger charge is 2.09. The highest BCUT2D eigenvalue weighted by atomic mass is 33.1. The van der Waals surface area contributed by atoms with Crippen molar-refractivity contribution in [3.8, 4) is 0 Å². The van der Waals surface area contributed by atoms with Crippen molar-refractivity contribution in [3.05, 3.63) is 0 Å². The Morgan fingerprint density at radius 3 is 2.42 bits per heavy atom. The van der Waals surface area contributed by atoms with Crippen LogP contribution >= 0.6 is 21.6 Å². The average molecular weight is 384 g/mol. The average Bonchev–Trinajstić information content (AvgIpc) is 2.59. The van der Waals surface area contributed by atoms with E-state index >= 15 is 0 Å². The third-order valence-electron chi connectivity index (χ3n) is 2.61. The molecule has 0 rings (SSSR count). The summed E-state index contributed by atoms with van der Waals surface area (Å²) in [6, 6.07) is 0. The summed E-state index contributed by atoms with van der Waals surface area (Å²) in [5.41, 5.74) is 0. The van der Waals surface area contributed by atoms with E-state index in [2.05, 4.69) is 15.7 Å². The fourth-order valence-electron chi connectivity index (χ4n) is 1.40. The van der Waals surface area contributed by atoms with Crippen molar-refractivity contribution in [2.75, 3.05) is 18.8 Å². The Balaban J connectivity index is 3.69. The fraction of sp³-hybridized carbons (Fsp3) is 0.714. The fourth-order valence-corrected chi connectivity index (χ4v) is 3.72. The molecule has 8 nitrogen and oxygen atoms in total. The molecule has 10 heteroatoms. The number of nitrogens with one attached hydrogen (secondary N) is 2. The summed E-state index contributed by atoms with van der Waals surface area (Å²) in [4.78, 5) is 44.3. The van der Waals surface area contributed by atoms with Gasteiger partial charge in [0.2, 0.25) is 11.8 Å². The van der Waals surface area contributed by atoms with Gasteiger partial charge in [-0.1, -0.05) is 28.5 Å². The van der Waals surface area contributed by atoms with Gasteiger partial charge in [0.25, 0.3) is 1.43 Å². The van der Waals surface area contributed by atoms with E-state index in [1.807, 2.05) is 6.92 Å². The van der Waals surface area contributed by atoms with Gasteiger partial charge < -0.3 is 20.8 Å². The number of carboxylic acids is 2. The SMILES string of the molecule is [2H]OC(=O)CCSSC(C)CCC(=O)NCCNC(=O)C([3H])CC(=O)O. The maximum atomic E-state index is 11.7. The minimum absolute atomic E-state index is 0.131. The third-order valence-corrected chi connectivity index (χ3v) is 5.57. The molecule has 0 aliphatic rings. The molecule has 2 unspecified atom stereocenters. The maximum Gasteiger partial charge on any atom is 0.304 e. The molecule has 2 amide bonds. The van der Waals surface area contributed by atoms with Crippen LogP contribution in [-0.4, -0.2) is 58.1 Å². The second-order valence-corrected chi connectivity index (χ2v) is 7.76. The van der Waals surface area contributed by atoms with Crippen LogP contribution in [0.25, 0.3) is 1.43 Å². The Bertz CT molecular complexity index is 484. The molecule has 0 saturated heterocycles. The molecule has 0 aliphatic heterocycles. The van der Waals surface area contributed by atoms with Gasteiger partial charge in [0.05, 0.1) is 12.8 Å². The van der Waals surface area contributed by atoms with Crippen molar-refractivity contribution >= 4 is 45.3 Å². The van der Waals surface area contributed by atoms with E-state index < -0.39 is 30.7 Å². The minimum Gasteiger partial charge on any atom is -0.481 e. The predicted octanol–water partition coefficient (Wildman–Crippen LogP) is 1.11. The van der Waals surface area contributed by atoms with Crippen LogP contribution in [0.1, 0.15) is 40.4 Å². The summed E-state index contributed by atoms with van der Waals surface area (Å²) >= 11 is 0. The number of amides is 2. The molecular formula is C14H24N2O6S2. The summed E-state index contributed by atoms with van der Waals surface area (Å²) in [6.07, 6.45) is -0.785. The van der Waals surface area contributed by atoms with Crippen LogP contribution in [0.3, 0.4) is 0 Å². The smallest absolute Gasteiger partial charge is 0.304 e. The first-order valence-electron chi connectivity index (χ1n) is 8.37. The zero-order chi connectivity index (χ0) is 19.9. The van der Waals surface area contributed by atoms with Gasteiger partial charge in [-0.05, 0) is 6.42 Å². The van der Waals surface area contributed by atoms with Gasteiger partial charge in [0.1, 0.15) is 0 Å². The summed E-state index contributed by atoms with van der Waals surface area (Å²) in [5, 5.41) is 17.5. The van der Waals surface area contributed by atoms with E-state index in [1.165, 1.54) is 10.8 Å². The Morgan fingerprint density at radius 1 is 1.12 bits per heavy atom. The Kier molecular flexibility index (Phi) is 11.0. The molecular weight excluding hydrogens is 356 g/mol. The van der Waals surface area contributed by atoms with E-state index in [9.17, 15) is 19.2 Å². The first kappa shape index (κ1) is 18.9. The molecule has 24 heavy (non-hydrogen) atoms. The van der Waals surface area contributed by atoms with Crippen molar-refractivity contribution in [2.45, 2.75) is 44.3 Å². The first-order chi connectivity index (χ1) is 12.3. The Morgan fingerprint density at radius 2 is 1.79 bits per heavy atom. The highest BCUT2D eigenvalue weighted by Crippen LogP contribution is 2.29. The Labute approximate surface area is 151 Å². The van der Waals surface area contributed by atoms with Gasteiger partial charge in [0, 0.05) is 38.3 Å². The zero-order valence-corrected chi connectivity index (χ0v) is 15.0. The molecule has 4 N–H and O–H groups in total. The summed E-state index contributed by atoms with van der Waals surface area (Å²) in [7, 11) is 3.03. The molecule has 0 bridgehead atoms. The largest absolute Gasteiger partial charge is 0.481 e. The highest BCUT2D eigenvalue weighted by molar-refractivity contribution is 8.76. The predicted molar refractivity (Wildman–Crippen MR) is 93.9 cm³/mol. The molecule has 0 spiro atoms. The van der Waals surface area contributed by atoms with E-state index in [-0.39, 0.29) is 30.7 Å². The summed E-state index contributed by atoms with van der Waals surface area (Å²) in [6.45, 7) is 2.30. The lowest BCUT2D eigenvalue weighted by Crippen LogP contribution is -2.34. The van der Waals surface area contributed by atoms with Crippen molar-refractivity contribution in [1.29, 1.82) is 1.43 Å². The molecule has 0 radical (unpaired) electrons. The summed E-state index contributed by atoms with van der Waals surface area (Å²) in [5.74, 6) is -2.09. The number of aliphatic carboxylic acids is 2. The summed E-state index contributed by atoms with van der Waals surface area (Å²) < 4.78 is 13.7. The third kappa shape index (κ3) is 15.5. The van der Waals surface area contributed by atoms with Crippen LogP contribution in [0.2, 0.25) is 0 Å². The van der Waals surface area contributed by atoms with Crippen LogP contribution in [0.15, 0.2) is 0 Å². The van der Waals surface area contributed by atoms with Crippen LogP contribution in [0, 0.1) is 0 Å². The second-order valence-electron chi connectivity index (χ2n) is 4.83. The number of carbonyl (C=O) groups excluding carboxylic acids is 2. The lowest BCUT2D eigenvalue weighted by Gasteiger charge is -2.10. The molecule has 0 saturated carbocycles. The van der Waals surface area contributed by atoms with Gasteiger partial charge in [-0.15, -0.1) is 0 Å². The molecule has 138 valence electrons. The van der Waals surface area contributed by atoms with E-state index in [0.29, 0.717) is 18.6 Å². The van der Waals surface area contributed by atoms with Crippen molar-refractivity contribution in [3.63, 3.8) is 0 Å². The van der Waals surface area contributed by atoms with Gasteiger partial charge in [-0.25, -0.2) is 0 Å². The van der Waals surface area contributed by atoms with Crippen molar-refractivity contribution in [2.24, 2.45) is 0 Å². The molecule has 2 atom stereocenters. The number of carbonyl (C=O) groups is 4. The minimum atomic E-state index is -1.36. The number of carboxylic acid groups (broad SMARTS) is 2. The molecule has 0 heterocycles. The van der Waals surface area contributed by atoms with E-state index in [1.54, 1.807) is 10.8 Å². The van der Waals surface area contributed by atoms with E-state index in [4.69, 9.17) is 7.91 Å². The lowest BCUT2D eigenvalue weighted by molar-refractivity contribution is -0.139. The van der Waals surface area contributed by atoms with Crippen LogP contribution < -0.4 is 10.6 Å². The van der Waals surface area contributed by atoms with Gasteiger partial charge >= 0.3 is 11.9 Å².